The quantitative estimate of drug-likeness (QED) is 0.211. The third-order valence-electron chi connectivity index (χ3n) is 4.80. The highest BCUT2D eigenvalue weighted by Gasteiger charge is 2.39. The molecule has 2 N–H and O–H groups in total. The lowest BCUT2D eigenvalue weighted by atomic mass is 9.96. The average Bonchev–Trinajstić information content (AvgIpc) is 2.76. The van der Waals surface area contributed by atoms with E-state index in [2.05, 4.69) is 21.2 Å². The average molecular weight is 617 g/mol. The molecule has 0 saturated heterocycles. The van der Waals surface area contributed by atoms with E-state index in [0.717, 1.165) is 30.4 Å². The van der Waals surface area contributed by atoms with Crippen LogP contribution in [0.5, 0.6) is 0 Å². The minimum absolute atomic E-state index is 0.0340. The Bertz CT molecular complexity index is 1220. The van der Waals surface area contributed by atoms with Gasteiger partial charge in [0.1, 0.15) is 17.6 Å². The maximum absolute atomic E-state index is 13.7. The number of alkyl halides is 6. The van der Waals surface area contributed by atoms with Crippen molar-refractivity contribution in [3.63, 3.8) is 0 Å². The predicted octanol–water partition coefficient (Wildman–Crippen LogP) is 6.17. The van der Waals surface area contributed by atoms with Gasteiger partial charge in [0.2, 0.25) is 5.91 Å². The molecule has 0 heterocycles. The minimum Gasteiger partial charge on any atom is -0.345 e. The van der Waals surface area contributed by atoms with Crippen LogP contribution in [0.25, 0.3) is 6.08 Å². The van der Waals surface area contributed by atoms with Crippen molar-refractivity contribution in [1.29, 1.82) is 0 Å². The first-order chi connectivity index (χ1) is 17.0. The summed E-state index contributed by atoms with van der Waals surface area (Å²) >= 11 is 8.78. The molecule has 2 rings (SSSR count). The minimum atomic E-state index is -4.79. The second-order valence-corrected chi connectivity index (χ2v) is 8.88. The number of halogens is 8. The SMILES string of the molecule is CC(NC(=O)c1ccc(C=CC(c2ccc(Cl)c([N+](=O)[O-])c2)C(F)(F)F)cc1Br)C(=O)NCC(F)(F)F. The number of hydrogen-bond donors (Lipinski definition) is 2. The van der Waals surface area contributed by atoms with Crippen LogP contribution in [0.3, 0.4) is 0 Å². The van der Waals surface area contributed by atoms with E-state index in [4.69, 9.17) is 11.6 Å². The molecule has 0 aliphatic rings. The van der Waals surface area contributed by atoms with E-state index < -0.39 is 58.8 Å². The topological polar surface area (TPSA) is 101 Å². The first-order valence-corrected chi connectivity index (χ1v) is 11.3. The largest absolute Gasteiger partial charge is 0.405 e. The van der Waals surface area contributed by atoms with Gasteiger partial charge in [-0.2, -0.15) is 26.3 Å². The molecule has 200 valence electrons. The van der Waals surface area contributed by atoms with Gasteiger partial charge in [0.25, 0.3) is 11.6 Å². The van der Waals surface area contributed by atoms with Gasteiger partial charge in [-0.15, -0.1) is 0 Å². The summed E-state index contributed by atoms with van der Waals surface area (Å²) in [4.78, 5) is 34.3. The molecule has 0 aliphatic heterocycles. The standard InChI is InChI=1S/C22H17BrClF6N3O4/c1-11(19(34)31-10-21(25,26)27)32-20(35)14-5-2-12(8-16(14)23)3-6-15(22(28,29)30)13-4-7-17(24)18(9-13)33(36)37/h2-9,11,15H,10H2,1H3,(H,31,34)(H,32,35). The Kier molecular flexibility index (Phi) is 9.72. The van der Waals surface area contributed by atoms with Crippen LogP contribution in [0.15, 0.2) is 46.9 Å². The summed E-state index contributed by atoms with van der Waals surface area (Å²) in [6.07, 6.45) is -7.54. The lowest BCUT2D eigenvalue weighted by molar-refractivity contribution is -0.384. The summed E-state index contributed by atoms with van der Waals surface area (Å²) in [7, 11) is 0. The molecular weight excluding hydrogens is 600 g/mol. The van der Waals surface area contributed by atoms with Gasteiger partial charge in [-0.3, -0.25) is 19.7 Å². The Morgan fingerprint density at radius 3 is 2.32 bits per heavy atom. The second-order valence-electron chi connectivity index (χ2n) is 7.61. The molecule has 0 radical (unpaired) electrons. The Hall–Kier alpha value is -3.13. The number of nitro benzene ring substituents is 1. The van der Waals surface area contributed by atoms with Crippen LogP contribution >= 0.6 is 27.5 Å². The van der Waals surface area contributed by atoms with Crippen LogP contribution in [0.1, 0.15) is 34.3 Å². The molecule has 7 nitrogen and oxygen atoms in total. The van der Waals surface area contributed by atoms with Crippen molar-refractivity contribution in [1.82, 2.24) is 10.6 Å². The van der Waals surface area contributed by atoms with E-state index in [1.165, 1.54) is 25.1 Å². The number of nitro groups is 1. The van der Waals surface area contributed by atoms with Gasteiger partial charge in [0.05, 0.1) is 16.4 Å². The van der Waals surface area contributed by atoms with E-state index >= 15 is 0 Å². The molecule has 0 aliphatic carbocycles. The highest BCUT2D eigenvalue weighted by atomic mass is 79.9. The molecule has 0 bridgehead atoms. The molecule has 0 aromatic heterocycles. The normalized spacial score (nSPS) is 13.8. The zero-order chi connectivity index (χ0) is 28.1. The van der Waals surface area contributed by atoms with Gasteiger partial charge in [-0.05, 0) is 52.2 Å². The summed E-state index contributed by atoms with van der Waals surface area (Å²) in [5.41, 5.74) is -0.903. The highest BCUT2D eigenvalue weighted by molar-refractivity contribution is 9.10. The fourth-order valence-electron chi connectivity index (χ4n) is 2.98. The molecule has 15 heteroatoms. The summed E-state index contributed by atoms with van der Waals surface area (Å²) < 4.78 is 77.9. The number of amides is 2. The van der Waals surface area contributed by atoms with Gasteiger partial charge < -0.3 is 10.6 Å². The maximum Gasteiger partial charge on any atom is 0.405 e. The number of nitrogens with one attached hydrogen (secondary N) is 2. The Morgan fingerprint density at radius 2 is 1.78 bits per heavy atom. The van der Waals surface area contributed by atoms with E-state index in [1.54, 1.807) is 5.32 Å². The van der Waals surface area contributed by atoms with Crippen LogP contribution in [0.2, 0.25) is 5.02 Å². The molecule has 0 spiro atoms. The fourth-order valence-corrected chi connectivity index (χ4v) is 3.74. The maximum atomic E-state index is 13.7. The molecule has 0 fully saturated rings. The van der Waals surface area contributed by atoms with Gasteiger partial charge >= 0.3 is 12.4 Å². The molecule has 2 aromatic carbocycles. The second kappa shape index (κ2) is 11.9. The zero-order valence-electron chi connectivity index (χ0n) is 18.6. The lowest BCUT2D eigenvalue weighted by Crippen LogP contribution is -2.47. The molecule has 2 atom stereocenters. The highest BCUT2D eigenvalue weighted by Crippen LogP contribution is 2.39. The first kappa shape index (κ1) is 30.1. The molecule has 2 unspecified atom stereocenters. The number of carbonyl (C=O) groups is 2. The van der Waals surface area contributed by atoms with Crippen molar-refractivity contribution in [3.05, 3.63) is 78.8 Å². The molecule has 2 aromatic rings. The fraction of sp³-hybridized carbons (Fsp3) is 0.273. The Labute approximate surface area is 219 Å². The van der Waals surface area contributed by atoms with Crippen molar-refractivity contribution in [2.75, 3.05) is 6.54 Å². The van der Waals surface area contributed by atoms with E-state index in [-0.39, 0.29) is 20.6 Å². The Morgan fingerprint density at radius 1 is 1.14 bits per heavy atom. The summed E-state index contributed by atoms with van der Waals surface area (Å²) in [5, 5.41) is 14.6. The van der Waals surface area contributed by atoms with Crippen LogP contribution in [0, 0.1) is 10.1 Å². The summed E-state index contributed by atoms with van der Waals surface area (Å²) in [6, 6.07) is 5.27. The van der Waals surface area contributed by atoms with Crippen molar-refractivity contribution < 1.29 is 40.9 Å². The predicted molar refractivity (Wildman–Crippen MR) is 126 cm³/mol. The van der Waals surface area contributed by atoms with Crippen molar-refractivity contribution >= 4 is 51.1 Å². The van der Waals surface area contributed by atoms with Gasteiger partial charge in [-0.1, -0.05) is 35.9 Å². The number of allylic oxidation sites excluding steroid dienone is 1. The van der Waals surface area contributed by atoms with Crippen molar-refractivity contribution in [3.8, 4) is 0 Å². The number of nitrogens with zero attached hydrogens (tertiary/aromatic N) is 1. The van der Waals surface area contributed by atoms with Crippen molar-refractivity contribution in [2.45, 2.75) is 31.2 Å². The monoisotopic (exact) mass is 615 g/mol. The summed E-state index contributed by atoms with van der Waals surface area (Å²) in [5.74, 6) is -4.10. The Balaban J connectivity index is 2.21. The van der Waals surface area contributed by atoms with E-state index in [0.29, 0.717) is 0 Å². The van der Waals surface area contributed by atoms with Crippen molar-refractivity contribution in [2.24, 2.45) is 0 Å². The van der Waals surface area contributed by atoms with Crippen LogP contribution in [-0.2, 0) is 4.79 Å². The van der Waals surface area contributed by atoms with Crippen LogP contribution in [0.4, 0.5) is 32.0 Å². The third-order valence-corrected chi connectivity index (χ3v) is 5.78. The number of benzene rings is 2. The smallest absolute Gasteiger partial charge is 0.345 e. The van der Waals surface area contributed by atoms with Crippen LogP contribution in [-0.4, -0.2) is 41.7 Å². The molecular formula is C22H17BrClF6N3O4. The first-order valence-electron chi connectivity index (χ1n) is 10.1. The van der Waals surface area contributed by atoms with Gasteiger partial charge in [0, 0.05) is 10.5 Å². The third kappa shape index (κ3) is 8.74. The van der Waals surface area contributed by atoms with Gasteiger partial charge in [0.15, 0.2) is 0 Å². The van der Waals surface area contributed by atoms with Crippen LogP contribution < -0.4 is 10.6 Å². The van der Waals surface area contributed by atoms with Gasteiger partial charge in [-0.25, -0.2) is 0 Å². The zero-order valence-corrected chi connectivity index (χ0v) is 20.9. The van der Waals surface area contributed by atoms with E-state index in [9.17, 15) is 46.0 Å². The molecule has 2 amide bonds. The number of carbonyl (C=O) groups excluding carboxylic acids is 2. The molecule has 0 saturated carbocycles. The summed E-state index contributed by atoms with van der Waals surface area (Å²) in [6.45, 7) is -0.397. The number of rotatable bonds is 8. The number of hydrogen-bond acceptors (Lipinski definition) is 4. The lowest BCUT2D eigenvalue weighted by Gasteiger charge is -2.17. The van der Waals surface area contributed by atoms with E-state index in [1.807, 2.05) is 0 Å². The molecule has 37 heavy (non-hydrogen) atoms.